The highest BCUT2D eigenvalue weighted by Crippen LogP contribution is 2.37. The molecule has 0 radical (unpaired) electrons. The van der Waals surface area contributed by atoms with Crippen LogP contribution in [0, 0.1) is 5.92 Å². The Morgan fingerprint density at radius 1 is 1.41 bits per heavy atom. The maximum absolute atomic E-state index is 11.5. The topological polar surface area (TPSA) is 69.6 Å². The molecular formula is C12H22N2O3. The van der Waals surface area contributed by atoms with Crippen LogP contribution in [0.25, 0.3) is 0 Å². The zero-order chi connectivity index (χ0) is 13.2. The first-order valence-electron chi connectivity index (χ1n) is 6.07. The van der Waals surface area contributed by atoms with Crippen LogP contribution in [-0.2, 0) is 4.79 Å². The van der Waals surface area contributed by atoms with E-state index in [0.717, 1.165) is 5.92 Å². The lowest BCUT2D eigenvalue weighted by molar-refractivity contribution is -0.126. The highest BCUT2D eigenvalue weighted by atomic mass is 16.3. The first-order valence-corrected chi connectivity index (χ1v) is 6.07. The molecule has 0 aromatic carbocycles. The summed E-state index contributed by atoms with van der Waals surface area (Å²) in [4.78, 5) is 24.1. The van der Waals surface area contributed by atoms with Crippen LogP contribution in [0.4, 0.5) is 4.79 Å². The Balaban J connectivity index is 0.000000317. The van der Waals surface area contributed by atoms with E-state index in [1.54, 1.807) is 7.05 Å². The molecule has 1 spiro atoms. The molecule has 5 heteroatoms. The van der Waals surface area contributed by atoms with Crippen LogP contribution >= 0.6 is 0 Å². The Hall–Kier alpha value is -1.10. The largest absolute Gasteiger partial charge is 0.393 e. The first kappa shape index (κ1) is 14.0. The lowest BCUT2D eigenvalue weighted by Gasteiger charge is -2.27. The molecule has 1 aliphatic heterocycles. The van der Waals surface area contributed by atoms with Gasteiger partial charge in [-0.25, -0.2) is 4.79 Å². The van der Waals surface area contributed by atoms with Crippen molar-refractivity contribution in [2.45, 2.75) is 51.7 Å². The van der Waals surface area contributed by atoms with Gasteiger partial charge in [0, 0.05) is 13.5 Å². The number of hydrogen-bond acceptors (Lipinski definition) is 3. The number of carbonyl (C=O) groups excluding carboxylic acids is 2. The van der Waals surface area contributed by atoms with E-state index < -0.39 is 11.6 Å². The van der Waals surface area contributed by atoms with E-state index in [0.29, 0.717) is 19.3 Å². The zero-order valence-electron chi connectivity index (χ0n) is 11.0. The third-order valence-corrected chi connectivity index (χ3v) is 3.05. The average Bonchev–Trinajstić information content (AvgIpc) is 2.66. The van der Waals surface area contributed by atoms with E-state index in [4.69, 9.17) is 0 Å². The highest BCUT2D eigenvalue weighted by molar-refractivity contribution is 6.07. The van der Waals surface area contributed by atoms with Crippen molar-refractivity contribution in [2.75, 3.05) is 7.05 Å². The number of nitrogens with zero attached hydrogens (tertiary/aromatic N) is 1. The van der Waals surface area contributed by atoms with Gasteiger partial charge in [0.15, 0.2) is 0 Å². The van der Waals surface area contributed by atoms with Crippen molar-refractivity contribution in [1.82, 2.24) is 10.2 Å². The van der Waals surface area contributed by atoms with Crippen LogP contribution in [0.1, 0.15) is 40.0 Å². The van der Waals surface area contributed by atoms with Gasteiger partial charge in [-0.15, -0.1) is 0 Å². The van der Waals surface area contributed by atoms with Gasteiger partial charge >= 0.3 is 6.03 Å². The third-order valence-electron chi connectivity index (χ3n) is 3.05. The van der Waals surface area contributed by atoms with E-state index in [-0.39, 0.29) is 11.9 Å². The fraction of sp³-hybridized carbons (Fsp3) is 0.833. The number of rotatable bonds is 0. The van der Waals surface area contributed by atoms with Gasteiger partial charge in [0.1, 0.15) is 5.54 Å². The van der Waals surface area contributed by atoms with Crippen molar-refractivity contribution in [3.8, 4) is 0 Å². The quantitative estimate of drug-likeness (QED) is 0.625. The number of aliphatic hydroxyl groups is 1. The van der Waals surface area contributed by atoms with Gasteiger partial charge in [-0.05, 0) is 18.8 Å². The Kier molecular flexibility index (Phi) is 4.14. The minimum Gasteiger partial charge on any atom is -0.393 e. The predicted molar refractivity (Wildman–Crippen MR) is 64.4 cm³/mol. The minimum atomic E-state index is -0.767. The molecule has 1 saturated heterocycles. The van der Waals surface area contributed by atoms with Gasteiger partial charge in [0.25, 0.3) is 5.91 Å². The normalized spacial score (nSPS) is 31.9. The van der Waals surface area contributed by atoms with Gasteiger partial charge in [0.2, 0.25) is 0 Å². The van der Waals surface area contributed by atoms with Gasteiger partial charge in [-0.3, -0.25) is 10.1 Å². The molecule has 1 saturated carbocycles. The number of urea groups is 1. The van der Waals surface area contributed by atoms with E-state index in [1.165, 1.54) is 4.90 Å². The lowest BCUT2D eigenvalue weighted by atomic mass is 9.96. The Bertz CT molecular complexity index is 314. The molecule has 0 aromatic rings. The van der Waals surface area contributed by atoms with Crippen molar-refractivity contribution in [3.63, 3.8) is 0 Å². The van der Waals surface area contributed by atoms with E-state index in [9.17, 15) is 14.7 Å². The number of carbonyl (C=O) groups is 2. The SMILES string of the molecule is CC(C)C.CN1C(=O)NC(=O)C12CCC(O)C2. The molecule has 2 rings (SSSR count). The maximum Gasteiger partial charge on any atom is 0.324 e. The monoisotopic (exact) mass is 242 g/mol. The van der Waals surface area contributed by atoms with Gasteiger partial charge in [-0.1, -0.05) is 20.8 Å². The standard InChI is InChI=1S/C8H12N2O3.C4H10/c1-10-7(13)9-6(12)8(10)3-2-5(11)4-8;1-4(2)3/h5,11H,2-4H2,1H3,(H,9,12,13);4H,1-3H3. The molecule has 2 unspecified atom stereocenters. The number of aliphatic hydroxyl groups excluding tert-OH is 1. The van der Waals surface area contributed by atoms with Crippen LogP contribution in [0.3, 0.4) is 0 Å². The van der Waals surface area contributed by atoms with E-state index >= 15 is 0 Å². The van der Waals surface area contributed by atoms with Crippen molar-refractivity contribution in [3.05, 3.63) is 0 Å². The van der Waals surface area contributed by atoms with Crippen LogP contribution in [0.2, 0.25) is 0 Å². The predicted octanol–water partition coefficient (Wildman–Crippen LogP) is 1.11. The summed E-state index contributed by atoms with van der Waals surface area (Å²) in [7, 11) is 1.60. The van der Waals surface area contributed by atoms with Gasteiger partial charge in [-0.2, -0.15) is 0 Å². The Labute approximate surface area is 102 Å². The second kappa shape index (κ2) is 5.04. The molecule has 0 aromatic heterocycles. The molecule has 3 amide bonds. The van der Waals surface area contributed by atoms with Crippen LogP contribution in [0.5, 0.6) is 0 Å². The fourth-order valence-electron chi connectivity index (χ4n) is 2.15. The summed E-state index contributed by atoms with van der Waals surface area (Å²) in [6, 6.07) is -0.362. The zero-order valence-corrected chi connectivity index (χ0v) is 11.0. The summed E-state index contributed by atoms with van der Waals surface area (Å²) in [5.41, 5.74) is -0.767. The Morgan fingerprint density at radius 3 is 2.24 bits per heavy atom. The highest BCUT2D eigenvalue weighted by Gasteiger charge is 2.54. The molecule has 2 aliphatic rings. The molecule has 5 nitrogen and oxygen atoms in total. The summed E-state index contributed by atoms with van der Waals surface area (Å²) >= 11 is 0. The summed E-state index contributed by atoms with van der Waals surface area (Å²) in [5, 5.41) is 11.6. The molecular weight excluding hydrogens is 220 g/mol. The van der Waals surface area contributed by atoms with Crippen molar-refractivity contribution in [2.24, 2.45) is 5.92 Å². The molecule has 2 atom stereocenters. The molecule has 2 N–H and O–H groups in total. The smallest absolute Gasteiger partial charge is 0.324 e. The summed E-state index contributed by atoms with van der Waals surface area (Å²) in [6.45, 7) is 6.50. The number of nitrogens with one attached hydrogen (secondary N) is 1. The van der Waals surface area contributed by atoms with Gasteiger partial charge < -0.3 is 10.0 Å². The number of likely N-dealkylation sites (N-methyl/N-ethyl adjacent to an activating group) is 1. The molecule has 17 heavy (non-hydrogen) atoms. The fourth-order valence-corrected chi connectivity index (χ4v) is 2.15. The van der Waals surface area contributed by atoms with Crippen molar-refractivity contribution >= 4 is 11.9 Å². The van der Waals surface area contributed by atoms with E-state index in [2.05, 4.69) is 26.1 Å². The molecule has 98 valence electrons. The number of imide groups is 1. The second-order valence-electron chi connectivity index (χ2n) is 5.48. The minimum absolute atomic E-state index is 0.267. The maximum atomic E-state index is 11.5. The number of amides is 3. The second-order valence-corrected chi connectivity index (χ2v) is 5.48. The van der Waals surface area contributed by atoms with Crippen LogP contribution < -0.4 is 5.32 Å². The Morgan fingerprint density at radius 2 is 1.94 bits per heavy atom. The van der Waals surface area contributed by atoms with Crippen molar-refractivity contribution < 1.29 is 14.7 Å². The summed E-state index contributed by atoms with van der Waals surface area (Å²) in [6.07, 6.45) is 1.05. The summed E-state index contributed by atoms with van der Waals surface area (Å²) < 4.78 is 0. The van der Waals surface area contributed by atoms with Crippen LogP contribution in [0.15, 0.2) is 0 Å². The summed E-state index contributed by atoms with van der Waals surface area (Å²) in [5.74, 6) is 0.566. The molecule has 1 aliphatic carbocycles. The third kappa shape index (κ3) is 2.77. The van der Waals surface area contributed by atoms with E-state index in [1.807, 2.05) is 0 Å². The van der Waals surface area contributed by atoms with Crippen LogP contribution in [-0.4, -0.2) is 40.6 Å². The number of hydrogen-bond donors (Lipinski definition) is 2. The molecule has 0 bridgehead atoms. The average molecular weight is 242 g/mol. The van der Waals surface area contributed by atoms with Gasteiger partial charge in [0.05, 0.1) is 6.10 Å². The molecule has 2 fully saturated rings. The van der Waals surface area contributed by atoms with Crippen molar-refractivity contribution in [1.29, 1.82) is 0 Å². The lowest BCUT2D eigenvalue weighted by Crippen LogP contribution is -2.45. The molecule has 1 heterocycles. The first-order chi connectivity index (χ1) is 7.79.